The zero-order chi connectivity index (χ0) is 21.2. The van der Waals surface area contributed by atoms with Crippen LogP contribution in [0, 0.1) is 0 Å². The maximum Gasteiger partial charge on any atom is 0.228 e. The summed E-state index contributed by atoms with van der Waals surface area (Å²) in [6, 6.07) is 18.3. The molecule has 7 heteroatoms. The highest BCUT2D eigenvalue weighted by molar-refractivity contribution is 7.15. The molecule has 158 valence electrons. The van der Waals surface area contributed by atoms with Gasteiger partial charge in [-0.15, -0.1) is 11.3 Å². The Morgan fingerprint density at radius 3 is 2.48 bits per heavy atom. The second kappa shape index (κ2) is 8.43. The molecule has 3 heterocycles. The molecule has 6 nitrogen and oxygen atoms in total. The number of hydrogen-bond acceptors (Lipinski definition) is 5. The van der Waals surface area contributed by atoms with Crippen molar-refractivity contribution in [2.75, 3.05) is 38.2 Å². The van der Waals surface area contributed by atoms with E-state index in [0.717, 1.165) is 53.8 Å². The Bertz CT molecular complexity index is 1180. The molecule has 0 N–H and O–H groups in total. The van der Waals surface area contributed by atoms with Crippen LogP contribution in [0.25, 0.3) is 16.2 Å². The molecule has 2 aromatic carbocycles. The van der Waals surface area contributed by atoms with Crippen molar-refractivity contribution < 1.29 is 9.53 Å². The van der Waals surface area contributed by atoms with E-state index in [1.807, 2.05) is 51.2 Å². The smallest absolute Gasteiger partial charge is 0.228 e. The van der Waals surface area contributed by atoms with E-state index in [1.54, 1.807) is 18.4 Å². The summed E-state index contributed by atoms with van der Waals surface area (Å²) >= 11 is 1.57. The number of carbonyl (C=O) groups is 1. The summed E-state index contributed by atoms with van der Waals surface area (Å²) < 4.78 is 7.28. The van der Waals surface area contributed by atoms with Gasteiger partial charge in [0.2, 0.25) is 5.91 Å². The number of methoxy groups -OCH3 is 1. The number of carbonyl (C=O) groups excluding carboxylic acids is 1. The standard InChI is InChI=1S/C24H24N4O2S/c1-30-21-9-7-18(8-10-21)22-16-28-20(17-31-24(28)25-22)15-23(29)27-13-11-26(12-14-27)19-5-3-2-4-6-19/h2-10,16-17H,11-15H2,1H3. The summed E-state index contributed by atoms with van der Waals surface area (Å²) in [5.74, 6) is 0.996. The van der Waals surface area contributed by atoms with Gasteiger partial charge in [0.1, 0.15) is 5.75 Å². The minimum atomic E-state index is 0.173. The fraction of sp³-hybridized carbons (Fsp3) is 0.250. The topological polar surface area (TPSA) is 50.1 Å². The molecule has 1 fully saturated rings. The Kier molecular flexibility index (Phi) is 5.34. The average molecular weight is 433 g/mol. The molecule has 31 heavy (non-hydrogen) atoms. The lowest BCUT2D eigenvalue weighted by molar-refractivity contribution is -0.130. The molecule has 1 saturated heterocycles. The summed E-state index contributed by atoms with van der Waals surface area (Å²) in [5, 5.41) is 2.04. The number of fused-ring (bicyclic) bond motifs is 1. The molecule has 0 atom stereocenters. The van der Waals surface area contributed by atoms with Crippen molar-refractivity contribution in [3.05, 3.63) is 71.9 Å². The van der Waals surface area contributed by atoms with Crippen molar-refractivity contribution in [3.63, 3.8) is 0 Å². The Morgan fingerprint density at radius 1 is 1.03 bits per heavy atom. The number of imidazole rings is 1. The van der Waals surface area contributed by atoms with E-state index in [4.69, 9.17) is 9.72 Å². The molecule has 0 aliphatic carbocycles. The number of piperazine rings is 1. The normalized spacial score (nSPS) is 14.2. The maximum absolute atomic E-state index is 13.0. The van der Waals surface area contributed by atoms with E-state index in [0.29, 0.717) is 6.42 Å². The van der Waals surface area contributed by atoms with Crippen LogP contribution in [-0.2, 0) is 11.2 Å². The SMILES string of the molecule is COc1ccc(-c2cn3c(CC(=O)N4CCN(c5ccccc5)CC4)csc3n2)cc1. The molecule has 1 aliphatic rings. The third-order valence-electron chi connectivity index (χ3n) is 5.76. The summed E-state index contributed by atoms with van der Waals surface area (Å²) in [6.07, 6.45) is 2.41. The number of rotatable bonds is 5. The largest absolute Gasteiger partial charge is 0.497 e. The van der Waals surface area contributed by atoms with Crippen molar-refractivity contribution in [2.24, 2.45) is 0 Å². The van der Waals surface area contributed by atoms with Gasteiger partial charge >= 0.3 is 0 Å². The first-order valence-electron chi connectivity index (χ1n) is 10.4. The number of ether oxygens (including phenoxy) is 1. The van der Waals surface area contributed by atoms with Crippen molar-refractivity contribution in [1.82, 2.24) is 14.3 Å². The number of para-hydroxylation sites is 1. The van der Waals surface area contributed by atoms with Crippen molar-refractivity contribution in [3.8, 4) is 17.0 Å². The zero-order valence-electron chi connectivity index (χ0n) is 17.4. The summed E-state index contributed by atoms with van der Waals surface area (Å²) in [5.41, 5.74) is 4.15. The Morgan fingerprint density at radius 2 is 1.77 bits per heavy atom. The number of aromatic nitrogens is 2. The highest BCUT2D eigenvalue weighted by Gasteiger charge is 2.22. The molecular weight excluding hydrogens is 408 g/mol. The Labute approximate surface area is 185 Å². The van der Waals surface area contributed by atoms with Gasteiger partial charge < -0.3 is 14.5 Å². The van der Waals surface area contributed by atoms with E-state index in [2.05, 4.69) is 29.2 Å². The first-order valence-corrected chi connectivity index (χ1v) is 11.3. The molecular formula is C24H24N4O2S. The van der Waals surface area contributed by atoms with Crippen molar-refractivity contribution in [1.29, 1.82) is 0 Å². The van der Waals surface area contributed by atoms with Crippen LogP contribution < -0.4 is 9.64 Å². The predicted molar refractivity (Wildman–Crippen MR) is 124 cm³/mol. The van der Waals surface area contributed by atoms with Gasteiger partial charge in [-0.25, -0.2) is 4.98 Å². The van der Waals surface area contributed by atoms with Crippen LogP contribution in [0.15, 0.2) is 66.2 Å². The van der Waals surface area contributed by atoms with Gasteiger partial charge in [0.15, 0.2) is 4.96 Å². The molecule has 0 saturated carbocycles. The molecule has 0 bridgehead atoms. The summed E-state index contributed by atoms with van der Waals surface area (Å²) in [6.45, 7) is 3.23. The highest BCUT2D eigenvalue weighted by Crippen LogP contribution is 2.26. The minimum Gasteiger partial charge on any atom is -0.497 e. The molecule has 4 aromatic rings. The number of benzene rings is 2. The highest BCUT2D eigenvalue weighted by atomic mass is 32.1. The van der Waals surface area contributed by atoms with E-state index < -0.39 is 0 Å². The van der Waals surface area contributed by atoms with Gasteiger partial charge in [-0.3, -0.25) is 9.20 Å². The minimum absolute atomic E-state index is 0.173. The van der Waals surface area contributed by atoms with Crippen LogP contribution in [0.3, 0.4) is 0 Å². The van der Waals surface area contributed by atoms with Gasteiger partial charge in [0, 0.05) is 54.7 Å². The van der Waals surface area contributed by atoms with Crippen LogP contribution in [-0.4, -0.2) is 53.5 Å². The fourth-order valence-electron chi connectivity index (χ4n) is 3.98. The lowest BCUT2D eigenvalue weighted by atomic mass is 10.1. The van der Waals surface area contributed by atoms with Crippen LogP contribution in [0.1, 0.15) is 5.69 Å². The van der Waals surface area contributed by atoms with Gasteiger partial charge in [-0.05, 0) is 36.4 Å². The Hall–Kier alpha value is -3.32. The van der Waals surface area contributed by atoms with Crippen LogP contribution in [0.4, 0.5) is 5.69 Å². The lowest BCUT2D eigenvalue weighted by Gasteiger charge is -2.36. The van der Waals surface area contributed by atoms with E-state index in [1.165, 1.54) is 5.69 Å². The molecule has 5 rings (SSSR count). The average Bonchev–Trinajstić information content (AvgIpc) is 3.42. The number of amides is 1. The molecule has 0 radical (unpaired) electrons. The molecule has 0 spiro atoms. The predicted octanol–water partition coefficient (Wildman–Crippen LogP) is 3.96. The van der Waals surface area contributed by atoms with Crippen LogP contribution >= 0.6 is 11.3 Å². The van der Waals surface area contributed by atoms with E-state index in [-0.39, 0.29) is 5.91 Å². The zero-order valence-corrected chi connectivity index (χ0v) is 18.2. The van der Waals surface area contributed by atoms with E-state index in [9.17, 15) is 4.79 Å². The van der Waals surface area contributed by atoms with Gasteiger partial charge in [-0.1, -0.05) is 18.2 Å². The van der Waals surface area contributed by atoms with Crippen LogP contribution in [0.5, 0.6) is 5.75 Å². The second-order valence-corrected chi connectivity index (χ2v) is 8.45. The maximum atomic E-state index is 13.0. The number of hydrogen-bond donors (Lipinski definition) is 0. The van der Waals surface area contributed by atoms with Gasteiger partial charge in [0.05, 0.1) is 19.2 Å². The van der Waals surface area contributed by atoms with Crippen molar-refractivity contribution in [2.45, 2.75) is 6.42 Å². The summed E-state index contributed by atoms with van der Waals surface area (Å²) in [7, 11) is 1.66. The third-order valence-corrected chi connectivity index (χ3v) is 6.64. The first kappa shape index (κ1) is 19.6. The van der Waals surface area contributed by atoms with E-state index >= 15 is 0 Å². The Balaban J connectivity index is 1.26. The van der Waals surface area contributed by atoms with Gasteiger partial charge in [-0.2, -0.15) is 0 Å². The summed E-state index contributed by atoms with van der Waals surface area (Å²) in [4.78, 5) is 22.9. The quantitative estimate of drug-likeness (QED) is 0.479. The molecule has 2 aromatic heterocycles. The lowest BCUT2D eigenvalue weighted by Crippen LogP contribution is -2.49. The molecule has 1 aliphatic heterocycles. The monoisotopic (exact) mass is 432 g/mol. The number of nitrogens with zero attached hydrogens (tertiary/aromatic N) is 4. The molecule has 0 unspecified atom stereocenters. The first-order chi connectivity index (χ1) is 15.2. The number of anilines is 1. The van der Waals surface area contributed by atoms with Gasteiger partial charge in [0.25, 0.3) is 0 Å². The van der Waals surface area contributed by atoms with Crippen LogP contribution in [0.2, 0.25) is 0 Å². The number of thiazole rings is 1. The third kappa shape index (κ3) is 4.01. The second-order valence-electron chi connectivity index (χ2n) is 7.61. The fourth-order valence-corrected chi connectivity index (χ4v) is 4.85. The molecule has 1 amide bonds. The van der Waals surface area contributed by atoms with Crippen molar-refractivity contribution >= 4 is 27.9 Å².